The van der Waals surface area contributed by atoms with Crippen LogP contribution < -0.4 is 11.1 Å². The fourth-order valence-corrected chi connectivity index (χ4v) is 1.78. The van der Waals surface area contributed by atoms with Crippen LogP contribution in [0.25, 0.3) is 0 Å². The van der Waals surface area contributed by atoms with E-state index in [1.54, 1.807) is 18.1 Å². The normalized spacial score (nSPS) is 20.9. The molecule has 1 saturated heterocycles. The van der Waals surface area contributed by atoms with Crippen LogP contribution in [0.15, 0.2) is 12.5 Å². The Balaban J connectivity index is 2.01. The van der Waals surface area contributed by atoms with Crippen molar-refractivity contribution in [2.75, 3.05) is 24.6 Å². The smallest absolute Gasteiger partial charge is 0.222 e. The molecule has 0 spiro atoms. The van der Waals surface area contributed by atoms with Gasteiger partial charge in [-0.3, -0.25) is 4.79 Å². The van der Waals surface area contributed by atoms with Crippen molar-refractivity contribution < 1.29 is 4.79 Å². The maximum absolute atomic E-state index is 11.3. The minimum Gasteiger partial charge on any atom is -0.394 e. The number of nitrogens with one attached hydrogen (secondary N) is 1. The number of likely N-dealkylation sites (tertiary alicyclic amines) is 1. The number of nitrogens with two attached hydrogens (primary N) is 1. The summed E-state index contributed by atoms with van der Waals surface area (Å²) in [5, 5.41) is 3.23. The number of hydrogen-bond donors (Lipinski definition) is 2. The maximum Gasteiger partial charge on any atom is 0.222 e. The Morgan fingerprint density at radius 2 is 2.44 bits per heavy atom. The molecule has 1 unspecified atom stereocenters. The first kappa shape index (κ1) is 10.7. The van der Waals surface area contributed by atoms with Gasteiger partial charge in [0.2, 0.25) is 5.91 Å². The molecule has 86 valence electrons. The van der Waals surface area contributed by atoms with E-state index < -0.39 is 0 Å². The molecular formula is C10H15N5O. The van der Waals surface area contributed by atoms with Crippen LogP contribution in [0.4, 0.5) is 11.5 Å². The third-order valence-corrected chi connectivity index (χ3v) is 2.71. The summed E-state index contributed by atoms with van der Waals surface area (Å²) in [5.74, 6) is 0.830. The Morgan fingerprint density at radius 1 is 1.62 bits per heavy atom. The van der Waals surface area contributed by atoms with Crippen molar-refractivity contribution in [2.45, 2.75) is 18.9 Å². The molecule has 6 nitrogen and oxygen atoms in total. The van der Waals surface area contributed by atoms with Crippen molar-refractivity contribution >= 4 is 17.4 Å². The number of amides is 1. The zero-order valence-electron chi connectivity index (χ0n) is 9.18. The summed E-state index contributed by atoms with van der Waals surface area (Å²) in [4.78, 5) is 20.9. The zero-order chi connectivity index (χ0) is 11.5. The standard InChI is InChI=1S/C10H15N5O/c1-15-5-7(2-3-9(15)16)14-10-8(11)4-12-6-13-10/h4,6-7H,2-3,5,11H2,1H3,(H,12,13,14). The van der Waals surface area contributed by atoms with Gasteiger partial charge >= 0.3 is 0 Å². The Labute approximate surface area is 93.9 Å². The second kappa shape index (κ2) is 4.34. The van der Waals surface area contributed by atoms with Crippen LogP contribution in [-0.2, 0) is 4.79 Å². The third kappa shape index (κ3) is 2.21. The minimum absolute atomic E-state index is 0.189. The molecule has 16 heavy (non-hydrogen) atoms. The van der Waals surface area contributed by atoms with Crippen molar-refractivity contribution in [2.24, 2.45) is 0 Å². The van der Waals surface area contributed by atoms with Gasteiger partial charge in [0.05, 0.1) is 11.9 Å². The number of piperidine rings is 1. The molecule has 6 heteroatoms. The van der Waals surface area contributed by atoms with Gasteiger partial charge in [0.25, 0.3) is 0 Å². The average molecular weight is 221 g/mol. The quantitative estimate of drug-likeness (QED) is 0.739. The molecule has 2 rings (SSSR count). The molecule has 0 bridgehead atoms. The molecule has 0 aromatic carbocycles. The largest absolute Gasteiger partial charge is 0.394 e. The molecule has 2 heterocycles. The zero-order valence-corrected chi connectivity index (χ0v) is 9.18. The SMILES string of the molecule is CN1CC(Nc2ncncc2N)CCC1=O. The van der Waals surface area contributed by atoms with Gasteiger partial charge in [-0.2, -0.15) is 0 Å². The molecule has 1 aromatic heterocycles. The summed E-state index contributed by atoms with van der Waals surface area (Å²) in [6.07, 6.45) is 4.40. The lowest BCUT2D eigenvalue weighted by Gasteiger charge is -2.30. The van der Waals surface area contributed by atoms with Gasteiger partial charge in [-0.1, -0.05) is 0 Å². The number of likely N-dealkylation sites (N-methyl/N-ethyl adjacent to an activating group) is 1. The Hall–Kier alpha value is -1.85. The Kier molecular flexibility index (Phi) is 2.89. The Bertz CT molecular complexity index is 395. The summed E-state index contributed by atoms with van der Waals surface area (Å²) in [7, 11) is 1.81. The maximum atomic E-state index is 11.3. The Morgan fingerprint density at radius 3 is 3.12 bits per heavy atom. The van der Waals surface area contributed by atoms with Crippen molar-refractivity contribution in [3.63, 3.8) is 0 Å². The highest BCUT2D eigenvalue weighted by Crippen LogP contribution is 2.17. The molecular weight excluding hydrogens is 206 g/mol. The first-order valence-electron chi connectivity index (χ1n) is 5.23. The van der Waals surface area contributed by atoms with Crippen molar-refractivity contribution in [1.29, 1.82) is 0 Å². The van der Waals surface area contributed by atoms with Crippen LogP contribution in [-0.4, -0.2) is 40.4 Å². The second-order valence-electron chi connectivity index (χ2n) is 3.98. The van der Waals surface area contributed by atoms with E-state index in [9.17, 15) is 4.79 Å². The van der Waals surface area contributed by atoms with Gasteiger partial charge in [0, 0.05) is 26.1 Å². The van der Waals surface area contributed by atoms with E-state index in [-0.39, 0.29) is 11.9 Å². The van der Waals surface area contributed by atoms with Gasteiger partial charge in [0.15, 0.2) is 5.82 Å². The lowest BCUT2D eigenvalue weighted by Crippen LogP contribution is -2.43. The molecule has 0 aliphatic carbocycles. The number of aromatic nitrogens is 2. The van der Waals surface area contributed by atoms with Crippen LogP contribution in [0, 0.1) is 0 Å². The lowest BCUT2D eigenvalue weighted by molar-refractivity contribution is -0.132. The van der Waals surface area contributed by atoms with Crippen LogP contribution in [0.3, 0.4) is 0 Å². The van der Waals surface area contributed by atoms with Crippen molar-refractivity contribution in [1.82, 2.24) is 14.9 Å². The summed E-state index contributed by atoms with van der Waals surface area (Å²) in [6, 6.07) is 0.208. The molecule has 1 fully saturated rings. The average Bonchev–Trinajstić information content (AvgIpc) is 2.27. The predicted molar refractivity (Wildman–Crippen MR) is 60.7 cm³/mol. The van der Waals surface area contributed by atoms with E-state index in [0.717, 1.165) is 6.42 Å². The lowest BCUT2D eigenvalue weighted by atomic mass is 10.1. The van der Waals surface area contributed by atoms with E-state index in [1.165, 1.54) is 6.33 Å². The van der Waals surface area contributed by atoms with Gasteiger partial charge in [-0.15, -0.1) is 0 Å². The number of carbonyl (C=O) groups excluding carboxylic acids is 1. The molecule has 0 saturated carbocycles. The van der Waals surface area contributed by atoms with E-state index in [1.807, 2.05) is 0 Å². The van der Waals surface area contributed by atoms with Gasteiger partial charge in [-0.05, 0) is 6.42 Å². The highest BCUT2D eigenvalue weighted by Gasteiger charge is 2.23. The monoisotopic (exact) mass is 221 g/mol. The van der Waals surface area contributed by atoms with E-state index >= 15 is 0 Å². The molecule has 1 aromatic rings. The van der Waals surface area contributed by atoms with Crippen LogP contribution in [0.5, 0.6) is 0 Å². The van der Waals surface area contributed by atoms with Crippen LogP contribution >= 0.6 is 0 Å². The van der Waals surface area contributed by atoms with E-state index in [2.05, 4.69) is 15.3 Å². The number of nitrogen functional groups attached to an aromatic ring is 1. The first-order chi connectivity index (χ1) is 7.66. The highest BCUT2D eigenvalue weighted by molar-refractivity contribution is 5.77. The van der Waals surface area contributed by atoms with Crippen LogP contribution in [0.2, 0.25) is 0 Å². The minimum atomic E-state index is 0.189. The van der Waals surface area contributed by atoms with Crippen molar-refractivity contribution in [3.8, 4) is 0 Å². The second-order valence-corrected chi connectivity index (χ2v) is 3.98. The number of nitrogens with zero attached hydrogens (tertiary/aromatic N) is 3. The summed E-state index contributed by atoms with van der Waals surface area (Å²) in [6.45, 7) is 0.683. The summed E-state index contributed by atoms with van der Waals surface area (Å²) >= 11 is 0. The first-order valence-corrected chi connectivity index (χ1v) is 5.23. The molecule has 1 amide bonds. The fourth-order valence-electron chi connectivity index (χ4n) is 1.78. The number of hydrogen-bond acceptors (Lipinski definition) is 5. The molecule has 1 aliphatic rings. The molecule has 1 atom stereocenters. The number of anilines is 2. The predicted octanol–water partition coefficient (Wildman–Crippen LogP) is 0.0915. The highest BCUT2D eigenvalue weighted by atomic mass is 16.2. The topological polar surface area (TPSA) is 84.1 Å². The number of carbonyl (C=O) groups is 1. The van der Waals surface area contributed by atoms with Gasteiger partial charge in [0.1, 0.15) is 6.33 Å². The third-order valence-electron chi connectivity index (χ3n) is 2.71. The summed E-state index contributed by atoms with van der Waals surface area (Å²) < 4.78 is 0. The van der Waals surface area contributed by atoms with Crippen LogP contribution in [0.1, 0.15) is 12.8 Å². The number of rotatable bonds is 2. The molecule has 1 aliphatic heterocycles. The fraction of sp³-hybridized carbons (Fsp3) is 0.500. The summed E-state index contributed by atoms with van der Waals surface area (Å²) in [5.41, 5.74) is 6.26. The molecule has 3 N–H and O–H groups in total. The van der Waals surface area contributed by atoms with E-state index in [4.69, 9.17) is 5.73 Å². The van der Waals surface area contributed by atoms with Crippen molar-refractivity contribution in [3.05, 3.63) is 12.5 Å². The van der Waals surface area contributed by atoms with Gasteiger partial charge < -0.3 is 16.0 Å². The molecule has 0 radical (unpaired) electrons. The van der Waals surface area contributed by atoms with Gasteiger partial charge in [-0.25, -0.2) is 9.97 Å². The van der Waals surface area contributed by atoms with E-state index in [0.29, 0.717) is 24.5 Å².